The van der Waals surface area contributed by atoms with Crippen molar-refractivity contribution in [1.29, 1.82) is 0 Å². The summed E-state index contributed by atoms with van der Waals surface area (Å²) in [4.78, 5) is 24.0. The average molecular weight is 375 g/mol. The van der Waals surface area contributed by atoms with E-state index in [1.165, 1.54) is 30.5 Å². The van der Waals surface area contributed by atoms with Crippen LogP contribution in [0.25, 0.3) is 0 Å². The second-order valence-corrected chi connectivity index (χ2v) is 9.19. The lowest BCUT2D eigenvalue weighted by atomic mass is 9.95. The third kappa shape index (κ3) is 6.26. The number of rotatable bonds is 10. The summed E-state index contributed by atoms with van der Waals surface area (Å²) in [5.74, 6) is -0.441. The van der Waals surface area contributed by atoms with Crippen molar-refractivity contribution in [3.63, 3.8) is 0 Å². The molecule has 2 rings (SSSR count). The van der Waals surface area contributed by atoms with Gasteiger partial charge < -0.3 is 10.1 Å². The first-order valence-corrected chi connectivity index (χ1v) is 11.0. The lowest BCUT2D eigenvalue weighted by Crippen LogP contribution is -2.38. The number of carbonyl (C=O) groups excluding carboxylic acids is 2. The van der Waals surface area contributed by atoms with Gasteiger partial charge in [-0.05, 0) is 31.6 Å². The van der Waals surface area contributed by atoms with Crippen LogP contribution in [-0.2, 0) is 24.3 Å². The summed E-state index contributed by atoms with van der Waals surface area (Å²) >= 11 is 0. The lowest BCUT2D eigenvalue weighted by Gasteiger charge is -2.21. The summed E-state index contributed by atoms with van der Waals surface area (Å²) in [7, 11) is -1.87. The van der Waals surface area contributed by atoms with Crippen LogP contribution in [-0.4, -0.2) is 57.6 Å². The number of hydrogen-bond acceptors (Lipinski definition) is 5. The Morgan fingerprint density at radius 3 is 2.40 bits per heavy atom. The molecule has 144 valence electrons. The van der Waals surface area contributed by atoms with Gasteiger partial charge in [0.2, 0.25) is 15.9 Å². The molecule has 0 spiro atoms. The molecule has 25 heavy (non-hydrogen) atoms. The number of nitrogens with zero attached hydrogens (tertiary/aromatic N) is 1. The second kappa shape index (κ2) is 8.98. The maximum absolute atomic E-state index is 12.3. The van der Waals surface area contributed by atoms with Crippen LogP contribution in [0.2, 0.25) is 0 Å². The highest BCUT2D eigenvalue weighted by atomic mass is 32.2. The number of carbonyl (C=O) groups is 2. The zero-order valence-electron chi connectivity index (χ0n) is 15.2. The number of sulfonamides is 1. The first kappa shape index (κ1) is 20.2. The first-order chi connectivity index (χ1) is 11.8. The molecule has 2 saturated carbocycles. The normalized spacial score (nSPS) is 23.6. The summed E-state index contributed by atoms with van der Waals surface area (Å²) in [6.07, 6.45) is 7.36. The van der Waals surface area contributed by atoms with E-state index in [0.29, 0.717) is 44.8 Å². The molecular weight excluding hydrogens is 344 g/mol. The molecule has 0 aromatic carbocycles. The van der Waals surface area contributed by atoms with Crippen LogP contribution < -0.4 is 5.32 Å². The predicted octanol–water partition coefficient (Wildman–Crippen LogP) is 1.14. The molecule has 0 aliphatic heterocycles. The Morgan fingerprint density at radius 1 is 1.12 bits per heavy atom. The van der Waals surface area contributed by atoms with Gasteiger partial charge in [0.1, 0.15) is 0 Å². The van der Waals surface area contributed by atoms with Gasteiger partial charge in [0, 0.05) is 19.6 Å². The molecule has 2 unspecified atom stereocenters. The van der Waals surface area contributed by atoms with Crippen molar-refractivity contribution in [2.45, 2.75) is 44.9 Å². The summed E-state index contributed by atoms with van der Waals surface area (Å²) < 4.78 is 30.0. The monoisotopic (exact) mass is 374 g/mol. The van der Waals surface area contributed by atoms with Crippen LogP contribution in [0.3, 0.4) is 0 Å². The van der Waals surface area contributed by atoms with Crippen LogP contribution in [0, 0.1) is 17.8 Å². The summed E-state index contributed by atoms with van der Waals surface area (Å²) in [5.41, 5.74) is 0. The van der Waals surface area contributed by atoms with Crippen molar-refractivity contribution in [1.82, 2.24) is 9.62 Å². The minimum Gasteiger partial charge on any atom is -0.469 e. The highest BCUT2D eigenvalue weighted by molar-refractivity contribution is 7.88. The van der Waals surface area contributed by atoms with E-state index in [2.05, 4.69) is 5.32 Å². The number of amides is 1. The summed E-state index contributed by atoms with van der Waals surface area (Å²) in [5, 5.41) is 2.85. The van der Waals surface area contributed by atoms with E-state index >= 15 is 0 Å². The Labute approximate surface area is 150 Å². The Morgan fingerprint density at radius 2 is 1.80 bits per heavy atom. The Hall–Kier alpha value is -1.15. The van der Waals surface area contributed by atoms with Gasteiger partial charge in [0.25, 0.3) is 0 Å². The molecule has 1 amide bonds. The van der Waals surface area contributed by atoms with Gasteiger partial charge in [0.05, 0.1) is 25.2 Å². The van der Waals surface area contributed by atoms with Crippen molar-refractivity contribution < 1.29 is 22.7 Å². The smallest absolute Gasteiger partial charge is 0.309 e. The molecule has 0 saturated heterocycles. The predicted molar refractivity (Wildman–Crippen MR) is 94.2 cm³/mol. The van der Waals surface area contributed by atoms with Gasteiger partial charge in [-0.25, -0.2) is 12.7 Å². The number of esters is 1. The number of methoxy groups -OCH3 is 1. The zero-order valence-corrected chi connectivity index (χ0v) is 16.0. The molecule has 0 aromatic heterocycles. The molecule has 2 fully saturated rings. The Kier molecular flexibility index (Phi) is 7.25. The van der Waals surface area contributed by atoms with Crippen LogP contribution in [0.4, 0.5) is 0 Å². The highest BCUT2D eigenvalue weighted by Gasteiger charge is 2.38. The largest absolute Gasteiger partial charge is 0.469 e. The quantitative estimate of drug-likeness (QED) is 0.457. The number of nitrogens with one attached hydrogen (secondary N) is 1. The minimum absolute atomic E-state index is 0.128. The van der Waals surface area contributed by atoms with Gasteiger partial charge in [-0.2, -0.15) is 0 Å². The first-order valence-electron chi connectivity index (χ1n) is 9.13. The van der Waals surface area contributed by atoms with Gasteiger partial charge in [-0.3, -0.25) is 9.59 Å². The standard InChI is InChI=1S/C17H30N2O5S/c1-24-17(21)15-6-3-5-14(15)16(20)18-10-4-11-19(25(2,22)23)12-9-13-7-8-13/h13-15H,3-12H2,1-2H3,(H,18,20). The van der Waals surface area contributed by atoms with Crippen molar-refractivity contribution >= 4 is 21.9 Å². The lowest BCUT2D eigenvalue weighted by molar-refractivity contribution is -0.149. The molecule has 2 aliphatic carbocycles. The maximum atomic E-state index is 12.3. The molecule has 7 nitrogen and oxygen atoms in total. The van der Waals surface area contributed by atoms with Crippen molar-refractivity contribution in [3.05, 3.63) is 0 Å². The van der Waals surface area contributed by atoms with Crippen molar-refractivity contribution in [2.24, 2.45) is 17.8 Å². The van der Waals surface area contributed by atoms with E-state index in [-0.39, 0.29) is 23.7 Å². The topological polar surface area (TPSA) is 92.8 Å². The van der Waals surface area contributed by atoms with E-state index < -0.39 is 10.0 Å². The molecule has 2 aliphatic rings. The molecule has 8 heteroatoms. The van der Waals surface area contributed by atoms with Crippen molar-refractivity contribution in [3.8, 4) is 0 Å². The van der Waals surface area contributed by atoms with Gasteiger partial charge in [-0.15, -0.1) is 0 Å². The third-order valence-electron chi connectivity index (χ3n) is 5.19. The second-order valence-electron chi connectivity index (χ2n) is 7.21. The molecule has 1 N–H and O–H groups in total. The molecule has 0 radical (unpaired) electrons. The summed E-state index contributed by atoms with van der Waals surface area (Å²) in [6, 6.07) is 0. The molecule has 0 aromatic rings. The SMILES string of the molecule is COC(=O)C1CCCC1C(=O)NCCCN(CCC1CC1)S(C)(=O)=O. The van der Waals surface area contributed by atoms with Crippen LogP contribution in [0.5, 0.6) is 0 Å². The van der Waals surface area contributed by atoms with E-state index in [4.69, 9.17) is 4.74 Å². The van der Waals surface area contributed by atoms with Crippen LogP contribution in [0.15, 0.2) is 0 Å². The van der Waals surface area contributed by atoms with E-state index in [1.807, 2.05) is 0 Å². The highest BCUT2D eigenvalue weighted by Crippen LogP contribution is 2.33. The average Bonchev–Trinajstić information content (AvgIpc) is 3.25. The Balaban J connectivity index is 1.72. The van der Waals surface area contributed by atoms with Crippen molar-refractivity contribution in [2.75, 3.05) is 33.0 Å². The fourth-order valence-corrected chi connectivity index (χ4v) is 4.38. The molecule has 0 heterocycles. The van der Waals surface area contributed by atoms with E-state index in [9.17, 15) is 18.0 Å². The number of ether oxygens (including phenoxy) is 1. The molecular formula is C17H30N2O5S. The summed E-state index contributed by atoms with van der Waals surface area (Å²) in [6.45, 7) is 1.39. The Bertz CT molecular complexity index is 574. The van der Waals surface area contributed by atoms with Crippen LogP contribution >= 0.6 is 0 Å². The molecule has 2 atom stereocenters. The minimum atomic E-state index is -3.21. The third-order valence-corrected chi connectivity index (χ3v) is 6.50. The number of hydrogen-bond donors (Lipinski definition) is 1. The van der Waals surface area contributed by atoms with Gasteiger partial charge >= 0.3 is 5.97 Å². The zero-order chi connectivity index (χ0) is 18.4. The fraction of sp³-hybridized carbons (Fsp3) is 0.882. The maximum Gasteiger partial charge on any atom is 0.309 e. The molecule has 0 bridgehead atoms. The van der Waals surface area contributed by atoms with E-state index in [0.717, 1.165) is 12.8 Å². The van der Waals surface area contributed by atoms with Gasteiger partial charge in [-0.1, -0.05) is 19.3 Å². The van der Waals surface area contributed by atoms with E-state index in [1.54, 1.807) is 0 Å². The van der Waals surface area contributed by atoms with Gasteiger partial charge in [0.15, 0.2) is 0 Å². The fourth-order valence-electron chi connectivity index (χ4n) is 3.48. The van der Waals surface area contributed by atoms with Crippen LogP contribution in [0.1, 0.15) is 44.9 Å².